The van der Waals surface area contributed by atoms with Gasteiger partial charge in [0.05, 0.1) is 18.5 Å². The molecule has 0 saturated heterocycles. The van der Waals surface area contributed by atoms with Crippen LogP contribution in [0.4, 0.5) is 0 Å². The average molecular weight is 297 g/mol. The van der Waals surface area contributed by atoms with E-state index in [1.807, 2.05) is 31.2 Å². The van der Waals surface area contributed by atoms with Crippen LogP contribution in [0.1, 0.15) is 20.8 Å². The summed E-state index contributed by atoms with van der Waals surface area (Å²) in [6, 6.07) is 7.62. The molecular weight excluding hydrogens is 274 g/mol. The topological polar surface area (TPSA) is 49.8 Å². The molecule has 20 heavy (non-hydrogen) atoms. The first-order chi connectivity index (χ1) is 9.35. The molecule has 1 rings (SSSR count). The highest BCUT2D eigenvalue weighted by molar-refractivity contribution is 8.00. The highest BCUT2D eigenvalue weighted by atomic mass is 32.2. The molecule has 1 amide bonds. The highest BCUT2D eigenvalue weighted by Gasteiger charge is 2.21. The number of hydrogen-bond donors (Lipinski definition) is 1. The molecule has 0 spiro atoms. The molecule has 0 heterocycles. The maximum atomic E-state index is 12.1. The van der Waals surface area contributed by atoms with Crippen molar-refractivity contribution in [2.75, 3.05) is 26.0 Å². The molecule has 0 aliphatic heterocycles. The molecule has 5 heteroatoms. The number of likely N-dealkylation sites (N-methyl/N-ethyl adjacent to an activating group) is 1. The van der Waals surface area contributed by atoms with Crippen LogP contribution in [0.2, 0.25) is 0 Å². The van der Waals surface area contributed by atoms with Crippen molar-refractivity contribution in [3.8, 4) is 5.75 Å². The second kappa shape index (κ2) is 7.55. The Morgan fingerprint density at radius 1 is 1.35 bits per heavy atom. The van der Waals surface area contributed by atoms with Crippen LogP contribution < -0.4 is 4.74 Å². The maximum absolute atomic E-state index is 12.1. The zero-order valence-electron chi connectivity index (χ0n) is 12.5. The number of benzene rings is 1. The zero-order valence-corrected chi connectivity index (χ0v) is 13.4. The normalized spacial score (nSPS) is 11.2. The third-order valence-electron chi connectivity index (χ3n) is 2.73. The minimum Gasteiger partial charge on any atom is -0.497 e. The lowest BCUT2D eigenvalue weighted by Crippen LogP contribution is -2.42. The summed E-state index contributed by atoms with van der Waals surface area (Å²) in [5.41, 5.74) is -0.865. The van der Waals surface area contributed by atoms with Crippen molar-refractivity contribution >= 4 is 17.7 Å². The van der Waals surface area contributed by atoms with Gasteiger partial charge in [-0.15, -0.1) is 11.8 Å². The van der Waals surface area contributed by atoms with E-state index in [1.165, 1.54) is 11.8 Å². The van der Waals surface area contributed by atoms with Crippen molar-refractivity contribution in [3.63, 3.8) is 0 Å². The van der Waals surface area contributed by atoms with Gasteiger partial charge in [0.25, 0.3) is 0 Å². The predicted octanol–water partition coefficient (Wildman–Crippen LogP) is 2.41. The number of amides is 1. The summed E-state index contributed by atoms with van der Waals surface area (Å²) in [6.07, 6.45) is 0. The van der Waals surface area contributed by atoms with E-state index in [9.17, 15) is 9.90 Å². The second-order valence-electron chi connectivity index (χ2n) is 5.18. The van der Waals surface area contributed by atoms with Crippen LogP contribution in [0.15, 0.2) is 29.2 Å². The Kier molecular flexibility index (Phi) is 6.36. The summed E-state index contributed by atoms with van der Waals surface area (Å²) in [7, 11) is 1.63. The molecule has 1 aromatic carbocycles. The van der Waals surface area contributed by atoms with E-state index in [0.29, 0.717) is 18.8 Å². The second-order valence-corrected chi connectivity index (χ2v) is 6.23. The van der Waals surface area contributed by atoms with Gasteiger partial charge in [-0.05, 0) is 45.0 Å². The third-order valence-corrected chi connectivity index (χ3v) is 3.73. The highest BCUT2D eigenvalue weighted by Crippen LogP contribution is 2.21. The van der Waals surface area contributed by atoms with Gasteiger partial charge >= 0.3 is 0 Å². The van der Waals surface area contributed by atoms with Crippen LogP contribution in [0.5, 0.6) is 5.75 Å². The van der Waals surface area contributed by atoms with E-state index in [-0.39, 0.29) is 5.91 Å². The van der Waals surface area contributed by atoms with Crippen molar-refractivity contribution in [1.82, 2.24) is 4.90 Å². The molecule has 0 fully saturated rings. The lowest BCUT2D eigenvalue weighted by Gasteiger charge is -2.28. The van der Waals surface area contributed by atoms with Crippen LogP contribution in [0.25, 0.3) is 0 Å². The van der Waals surface area contributed by atoms with Crippen molar-refractivity contribution < 1.29 is 14.6 Å². The first kappa shape index (κ1) is 16.9. The first-order valence-corrected chi connectivity index (χ1v) is 7.61. The van der Waals surface area contributed by atoms with Gasteiger partial charge in [-0.1, -0.05) is 0 Å². The van der Waals surface area contributed by atoms with Gasteiger partial charge < -0.3 is 14.7 Å². The molecule has 0 radical (unpaired) electrons. The minimum atomic E-state index is -0.865. The largest absolute Gasteiger partial charge is 0.497 e. The Balaban J connectivity index is 2.52. The van der Waals surface area contributed by atoms with Gasteiger partial charge in [0.2, 0.25) is 5.91 Å². The van der Waals surface area contributed by atoms with Crippen LogP contribution in [0, 0.1) is 0 Å². The molecule has 112 valence electrons. The van der Waals surface area contributed by atoms with Crippen molar-refractivity contribution in [2.24, 2.45) is 0 Å². The minimum absolute atomic E-state index is 0.0374. The number of nitrogens with zero attached hydrogens (tertiary/aromatic N) is 1. The van der Waals surface area contributed by atoms with Crippen LogP contribution >= 0.6 is 11.8 Å². The van der Waals surface area contributed by atoms with E-state index in [4.69, 9.17) is 4.74 Å². The number of carbonyl (C=O) groups is 1. The number of ether oxygens (including phenoxy) is 1. The number of hydrogen-bond acceptors (Lipinski definition) is 4. The van der Waals surface area contributed by atoms with Gasteiger partial charge in [0, 0.05) is 18.0 Å². The zero-order chi connectivity index (χ0) is 15.2. The van der Waals surface area contributed by atoms with E-state index < -0.39 is 5.60 Å². The van der Waals surface area contributed by atoms with Crippen molar-refractivity contribution in [3.05, 3.63) is 24.3 Å². The molecule has 0 unspecified atom stereocenters. The first-order valence-electron chi connectivity index (χ1n) is 6.62. The third kappa shape index (κ3) is 5.84. The van der Waals surface area contributed by atoms with Crippen molar-refractivity contribution in [2.45, 2.75) is 31.3 Å². The smallest absolute Gasteiger partial charge is 0.233 e. The molecule has 0 atom stereocenters. The summed E-state index contributed by atoms with van der Waals surface area (Å²) in [5.74, 6) is 1.21. The summed E-state index contributed by atoms with van der Waals surface area (Å²) in [4.78, 5) is 14.8. The fourth-order valence-corrected chi connectivity index (χ4v) is 2.55. The molecular formula is C15H23NO3S. The number of methoxy groups -OCH3 is 1. The fraction of sp³-hybridized carbons (Fsp3) is 0.533. The standard InChI is InChI=1S/C15H23NO3S/c1-5-16(11-15(2,3)18)14(17)10-20-13-8-6-12(19-4)7-9-13/h6-9,18H,5,10-11H2,1-4H3. The van der Waals surface area contributed by atoms with Gasteiger partial charge in [0.15, 0.2) is 0 Å². The quantitative estimate of drug-likeness (QED) is 0.785. The lowest BCUT2D eigenvalue weighted by molar-refractivity contribution is -0.131. The maximum Gasteiger partial charge on any atom is 0.233 e. The molecule has 1 N–H and O–H groups in total. The molecule has 4 nitrogen and oxygen atoms in total. The molecule has 0 aromatic heterocycles. The Morgan fingerprint density at radius 2 is 1.95 bits per heavy atom. The number of carbonyl (C=O) groups excluding carboxylic acids is 1. The monoisotopic (exact) mass is 297 g/mol. The Bertz CT molecular complexity index is 426. The molecule has 0 saturated carbocycles. The SMILES string of the molecule is CCN(CC(C)(C)O)C(=O)CSc1ccc(OC)cc1. The Morgan fingerprint density at radius 3 is 2.40 bits per heavy atom. The molecule has 0 bridgehead atoms. The van der Waals surface area contributed by atoms with Gasteiger partial charge in [-0.25, -0.2) is 0 Å². The summed E-state index contributed by atoms with van der Waals surface area (Å²) >= 11 is 1.49. The van der Waals surface area contributed by atoms with Crippen molar-refractivity contribution in [1.29, 1.82) is 0 Å². The summed E-state index contributed by atoms with van der Waals surface area (Å²) < 4.78 is 5.09. The van der Waals surface area contributed by atoms with Gasteiger partial charge in [0.1, 0.15) is 5.75 Å². The Hall–Kier alpha value is -1.20. The summed E-state index contributed by atoms with van der Waals surface area (Å²) in [6.45, 7) is 6.29. The van der Waals surface area contributed by atoms with Gasteiger partial charge in [-0.3, -0.25) is 4.79 Å². The van der Waals surface area contributed by atoms with Crippen LogP contribution in [-0.4, -0.2) is 47.5 Å². The van der Waals surface area contributed by atoms with Crippen LogP contribution in [0.3, 0.4) is 0 Å². The van der Waals surface area contributed by atoms with Gasteiger partial charge in [-0.2, -0.15) is 0 Å². The number of rotatable bonds is 7. The molecule has 0 aliphatic rings. The Labute approximate surface area is 125 Å². The molecule has 1 aromatic rings. The van der Waals surface area contributed by atoms with E-state index in [1.54, 1.807) is 25.9 Å². The lowest BCUT2D eigenvalue weighted by atomic mass is 10.1. The average Bonchev–Trinajstić information content (AvgIpc) is 2.41. The number of aliphatic hydroxyl groups is 1. The molecule has 0 aliphatic carbocycles. The van der Waals surface area contributed by atoms with E-state index in [2.05, 4.69) is 0 Å². The number of thioether (sulfide) groups is 1. The predicted molar refractivity (Wildman–Crippen MR) is 82.3 cm³/mol. The fourth-order valence-electron chi connectivity index (χ4n) is 1.75. The van der Waals surface area contributed by atoms with E-state index in [0.717, 1.165) is 10.6 Å². The van der Waals surface area contributed by atoms with Crippen LogP contribution in [-0.2, 0) is 4.79 Å². The van der Waals surface area contributed by atoms with E-state index >= 15 is 0 Å². The summed E-state index contributed by atoms with van der Waals surface area (Å²) in [5, 5.41) is 9.80.